The van der Waals surface area contributed by atoms with E-state index in [4.69, 9.17) is 16.3 Å². The highest BCUT2D eigenvalue weighted by Crippen LogP contribution is 2.31. The van der Waals surface area contributed by atoms with Crippen LogP contribution in [0.4, 0.5) is 0 Å². The van der Waals surface area contributed by atoms with Gasteiger partial charge < -0.3 is 15.0 Å². The fourth-order valence-electron chi connectivity index (χ4n) is 3.16. The van der Waals surface area contributed by atoms with Crippen LogP contribution >= 0.6 is 11.6 Å². The molecule has 1 aromatic carbocycles. The largest absolute Gasteiger partial charge is 0.381 e. The van der Waals surface area contributed by atoms with Crippen molar-refractivity contribution in [1.29, 1.82) is 0 Å². The van der Waals surface area contributed by atoms with E-state index in [-0.39, 0.29) is 0 Å². The molecule has 0 radical (unpaired) electrons. The van der Waals surface area contributed by atoms with Gasteiger partial charge in [-0.1, -0.05) is 30.7 Å². The Kier molecular flexibility index (Phi) is 6.49. The first-order valence-corrected chi connectivity index (χ1v) is 8.23. The van der Waals surface area contributed by atoms with Crippen LogP contribution in [0.15, 0.2) is 24.3 Å². The number of halogens is 1. The zero-order valence-corrected chi connectivity index (χ0v) is 14.0. The third kappa shape index (κ3) is 5.26. The third-order valence-corrected chi connectivity index (χ3v) is 4.49. The molecule has 0 amide bonds. The molecule has 1 aromatic rings. The van der Waals surface area contributed by atoms with Gasteiger partial charge >= 0.3 is 0 Å². The van der Waals surface area contributed by atoms with Crippen molar-refractivity contribution < 1.29 is 4.74 Å². The molecule has 1 heterocycles. The van der Waals surface area contributed by atoms with E-state index in [0.29, 0.717) is 5.41 Å². The molecule has 0 saturated carbocycles. The van der Waals surface area contributed by atoms with E-state index in [9.17, 15) is 0 Å². The van der Waals surface area contributed by atoms with Crippen LogP contribution in [0.2, 0.25) is 5.02 Å². The first-order valence-electron chi connectivity index (χ1n) is 7.85. The third-order valence-electron chi connectivity index (χ3n) is 4.25. The molecule has 0 unspecified atom stereocenters. The standard InChI is InChI=1S/C17H27ClN2O/c1-3-19-13-17(7-9-21-10-8-17)14-20(2)12-15-5-4-6-16(18)11-15/h4-6,11,19H,3,7-10,12-14H2,1-2H3. The molecule has 2 rings (SSSR count). The molecule has 0 aliphatic carbocycles. The number of rotatable bonds is 7. The van der Waals surface area contributed by atoms with Crippen LogP contribution in [0.1, 0.15) is 25.3 Å². The minimum absolute atomic E-state index is 0.335. The van der Waals surface area contributed by atoms with Gasteiger partial charge in [-0.2, -0.15) is 0 Å². The van der Waals surface area contributed by atoms with Crippen molar-refractivity contribution in [2.75, 3.05) is 39.9 Å². The van der Waals surface area contributed by atoms with Crippen molar-refractivity contribution in [2.24, 2.45) is 5.41 Å². The molecule has 1 fully saturated rings. The highest BCUT2D eigenvalue weighted by molar-refractivity contribution is 6.30. The number of hydrogen-bond donors (Lipinski definition) is 1. The number of hydrogen-bond acceptors (Lipinski definition) is 3. The van der Waals surface area contributed by atoms with Gasteiger partial charge in [-0.3, -0.25) is 0 Å². The number of ether oxygens (including phenoxy) is 1. The summed E-state index contributed by atoms with van der Waals surface area (Å²) in [5, 5.41) is 4.35. The first kappa shape index (κ1) is 16.8. The monoisotopic (exact) mass is 310 g/mol. The topological polar surface area (TPSA) is 24.5 Å². The average Bonchev–Trinajstić information content (AvgIpc) is 2.46. The van der Waals surface area contributed by atoms with Crippen LogP contribution < -0.4 is 5.32 Å². The predicted molar refractivity (Wildman–Crippen MR) is 88.8 cm³/mol. The van der Waals surface area contributed by atoms with Crippen molar-refractivity contribution in [3.63, 3.8) is 0 Å². The summed E-state index contributed by atoms with van der Waals surface area (Å²) >= 11 is 6.07. The van der Waals surface area contributed by atoms with E-state index in [1.54, 1.807) is 0 Å². The molecule has 118 valence electrons. The Morgan fingerprint density at radius 3 is 2.76 bits per heavy atom. The lowest BCUT2D eigenvalue weighted by molar-refractivity contribution is -0.00139. The fraction of sp³-hybridized carbons (Fsp3) is 0.647. The Morgan fingerprint density at radius 2 is 2.10 bits per heavy atom. The Balaban J connectivity index is 1.95. The average molecular weight is 311 g/mol. The van der Waals surface area contributed by atoms with E-state index in [1.165, 1.54) is 5.56 Å². The lowest BCUT2D eigenvalue weighted by Gasteiger charge is -2.40. The van der Waals surface area contributed by atoms with Crippen LogP contribution in [-0.4, -0.2) is 44.8 Å². The normalized spacial score (nSPS) is 18.1. The molecule has 1 N–H and O–H groups in total. The number of benzene rings is 1. The zero-order valence-electron chi connectivity index (χ0n) is 13.2. The van der Waals surface area contributed by atoms with Gasteiger partial charge in [0.25, 0.3) is 0 Å². The zero-order chi connectivity index (χ0) is 15.1. The van der Waals surface area contributed by atoms with Gasteiger partial charge in [-0.15, -0.1) is 0 Å². The summed E-state index contributed by atoms with van der Waals surface area (Å²) in [6, 6.07) is 8.15. The summed E-state index contributed by atoms with van der Waals surface area (Å²) < 4.78 is 5.56. The summed E-state index contributed by atoms with van der Waals surface area (Å²) in [6.45, 7) is 8.08. The van der Waals surface area contributed by atoms with Crippen molar-refractivity contribution in [2.45, 2.75) is 26.3 Å². The van der Waals surface area contributed by atoms with Gasteiger partial charge in [0.2, 0.25) is 0 Å². The van der Waals surface area contributed by atoms with E-state index < -0.39 is 0 Å². The molecule has 1 aliphatic heterocycles. The smallest absolute Gasteiger partial charge is 0.0472 e. The number of nitrogens with one attached hydrogen (secondary N) is 1. The van der Waals surface area contributed by atoms with Gasteiger partial charge in [-0.05, 0) is 49.5 Å². The molecule has 3 nitrogen and oxygen atoms in total. The maximum absolute atomic E-state index is 6.07. The van der Waals surface area contributed by atoms with Crippen molar-refractivity contribution in [1.82, 2.24) is 10.2 Å². The summed E-state index contributed by atoms with van der Waals surface area (Å²) in [5.41, 5.74) is 1.61. The molecule has 0 spiro atoms. The number of nitrogens with zero attached hydrogens (tertiary/aromatic N) is 1. The van der Waals surface area contributed by atoms with Crippen molar-refractivity contribution >= 4 is 11.6 Å². The fourth-order valence-corrected chi connectivity index (χ4v) is 3.37. The van der Waals surface area contributed by atoms with Crippen LogP contribution in [0.5, 0.6) is 0 Å². The maximum Gasteiger partial charge on any atom is 0.0472 e. The molecule has 0 aromatic heterocycles. The van der Waals surface area contributed by atoms with Crippen molar-refractivity contribution in [3.8, 4) is 0 Å². The van der Waals surface area contributed by atoms with E-state index >= 15 is 0 Å². The Bertz CT molecular complexity index is 433. The molecule has 0 bridgehead atoms. The SMILES string of the molecule is CCNCC1(CN(C)Cc2cccc(Cl)c2)CCOCC1. The van der Waals surface area contributed by atoms with Gasteiger partial charge in [0, 0.05) is 37.9 Å². The molecule has 4 heteroatoms. The van der Waals surface area contributed by atoms with E-state index in [2.05, 4.69) is 36.3 Å². The lowest BCUT2D eigenvalue weighted by atomic mass is 9.79. The molecule has 1 saturated heterocycles. The molecule has 21 heavy (non-hydrogen) atoms. The molecule has 0 atom stereocenters. The molecular weight excluding hydrogens is 284 g/mol. The van der Waals surface area contributed by atoms with Gasteiger partial charge in [-0.25, -0.2) is 0 Å². The van der Waals surface area contributed by atoms with E-state index in [0.717, 1.165) is 57.3 Å². The van der Waals surface area contributed by atoms with Gasteiger partial charge in [0.15, 0.2) is 0 Å². The first-order chi connectivity index (χ1) is 10.1. The van der Waals surface area contributed by atoms with Crippen LogP contribution in [0.25, 0.3) is 0 Å². The maximum atomic E-state index is 6.07. The Labute approximate surface area is 133 Å². The summed E-state index contributed by atoms with van der Waals surface area (Å²) in [5.74, 6) is 0. The summed E-state index contributed by atoms with van der Waals surface area (Å²) in [6.07, 6.45) is 2.28. The highest BCUT2D eigenvalue weighted by Gasteiger charge is 2.33. The van der Waals surface area contributed by atoms with Crippen LogP contribution in [-0.2, 0) is 11.3 Å². The van der Waals surface area contributed by atoms with Crippen molar-refractivity contribution in [3.05, 3.63) is 34.9 Å². The second kappa shape index (κ2) is 8.14. The Morgan fingerprint density at radius 1 is 1.33 bits per heavy atom. The van der Waals surface area contributed by atoms with Crippen LogP contribution in [0, 0.1) is 5.41 Å². The van der Waals surface area contributed by atoms with E-state index in [1.807, 2.05) is 12.1 Å². The Hall–Kier alpha value is -0.610. The van der Waals surface area contributed by atoms with Gasteiger partial charge in [0.05, 0.1) is 0 Å². The summed E-state index contributed by atoms with van der Waals surface area (Å²) in [7, 11) is 2.20. The second-order valence-corrected chi connectivity index (χ2v) is 6.63. The minimum Gasteiger partial charge on any atom is -0.381 e. The second-order valence-electron chi connectivity index (χ2n) is 6.19. The van der Waals surface area contributed by atoms with Gasteiger partial charge in [0.1, 0.15) is 0 Å². The van der Waals surface area contributed by atoms with Crippen LogP contribution in [0.3, 0.4) is 0 Å². The summed E-state index contributed by atoms with van der Waals surface area (Å²) in [4.78, 5) is 2.41. The quantitative estimate of drug-likeness (QED) is 0.837. The molecule has 1 aliphatic rings. The molecular formula is C17H27ClN2O. The highest BCUT2D eigenvalue weighted by atomic mass is 35.5. The lowest BCUT2D eigenvalue weighted by Crippen LogP contribution is -2.46. The minimum atomic E-state index is 0.335. The predicted octanol–water partition coefficient (Wildman–Crippen LogP) is 3.18.